The number of ether oxygens (including phenoxy) is 2. The highest BCUT2D eigenvalue weighted by atomic mass is 16.6. The molecular formula is C25H24N2O4. The van der Waals surface area contributed by atoms with E-state index in [0.717, 1.165) is 33.5 Å². The van der Waals surface area contributed by atoms with Crippen LogP contribution >= 0.6 is 0 Å². The molecule has 2 aliphatic heterocycles. The highest BCUT2D eigenvalue weighted by molar-refractivity contribution is 6.06. The minimum absolute atomic E-state index is 0.0108. The van der Waals surface area contributed by atoms with Crippen LogP contribution in [0.1, 0.15) is 12.0 Å². The molecule has 0 radical (unpaired) electrons. The number of carbonyl (C=O) groups excluding carboxylic acids is 2. The van der Waals surface area contributed by atoms with Crippen molar-refractivity contribution in [1.82, 2.24) is 5.32 Å². The van der Waals surface area contributed by atoms with Crippen LogP contribution < -0.4 is 19.7 Å². The van der Waals surface area contributed by atoms with Gasteiger partial charge in [0, 0.05) is 24.9 Å². The Kier molecular flexibility index (Phi) is 5.20. The van der Waals surface area contributed by atoms with Crippen LogP contribution in [0.15, 0.2) is 60.7 Å². The van der Waals surface area contributed by atoms with Crippen molar-refractivity contribution in [2.45, 2.75) is 12.8 Å². The number of hydrogen-bond acceptors (Lipinski definition) is 4. The maximum Gasteiger partial charge on any atom is 0.227 e. The van der Waals surface area contributed by atoms with Crippen molar-refractivity contribution in [1.29, 1.82) is 0 Å². The van der Waals surface area contributed by atoms with Gasteiger partial charge in [0.1, 0.15) is 13.2 Å². The third kappa shape index (κ3) is 3.93. The highest BCUT2D eigenvalue weighted by Crippen LogP contribution is 2.32. The molecule has 2 amide bonds. The van der Waals surface area contributed by atoms with Crippen molar-refractivity contribution in [3.63, 3.8) is 0 Å². The van der Waals surface area contributed by atoms with Gasteiger partial charge in [0.05, 0.1) is 11.6 Å². The van der Waals surface area contributed by atoms with Crippen molar-refractivity contribution in [3.05, 3.63) is 66.2 Å². The number of fused-ring (bicyclic) bond motifs is 2. The van der Waals surface area contributed by atoms with Crippen LogP contribution in [0.2, 0.25) is 0 Å². The fourth-order valence-electron chi connectivity index (χ4n) is 4.28. The maximum atomic E-state index is 12.7. The molecule has 0 spiro atoms. The van der Waals surface area contributed by atoms with Crippen LogP contribution in [0.5, 0.6) is 11.5 Å². The van der Waals surface area contributed by atoms with E-state index in [1.165, 1.54) is 0 Å². The van der Waals surface area contributed by atoms with Crippen LogP contribution in [-0.4, -0.2) is 38.1 Å². The molecule has 0 aliphatic carbocycles. The van der Waals surface area contributed by atoms with Crippen molar-refractivity contribution < 1.29 is 19.1 Å². The molecule has 2 aliphatic rings. The normalized spacial score (nSPS) is 17.7. The SMILES string of the molecule is O=C(NCCc1ccc2c(c1)OCCO2)[C@H]1CC(=O)N(c2cccc3ccccc23)C1. The number of benzene rings is 3. The molecule has 0 saturated carbocycles. The Hall–Kier alpha value is -3.54. The second-order valence-electron chi connectivity index (χ2n) is 7.92. The molecule has 2 heterocycles. The summed E-state index contributed by atoms with van der Waals surface area (Å²) in [7, 11) is 0. The van der Waals surface area contributed by atoms with E-state index >= 15 is 0 Å². The van der Waals surface area contributed by atoms with Crippen molar-refractivity contribution in [2.24, 2.45) is 5.92 Å². The lowest BCUT2D eigenvalue weighted by Gasteiger charge is -2.19. The first-order valence-corrected chi connectivity index (χ1v) is 10.6. The number of hydrogen-bond donors (Lipinski definition) is 1. The molecule has 5 rings (SSSR count). The lowest BCUT2D eigenvalue weighted by atomic mass is 10.1. The summed E-state index contributed by atoms with van der Waals surface area (Å²) >= 11 is 0. The van der Waals surface area contributed by atoms with E-state index in [9.17, 15) is 9.59 Å². The molecule has 31 heavy (non-hydrogen) atoms. The van der Waals surface area contributed by atoms with Crippen LogP contribution in [0.4, 0.5) is 5.69 Å². The molecule has 1 fully saturated rings. The predicted octanol–water partition coefficient (Wildman–Crippen LogP) is 3.32. The van der Waals surface area contributed by atoms with Gasteiger partial charge in [-0.25, -0.2) is 0 Å². The summed E-state index contributed by atoms with van der Waals surface area (Å²) in [6.07, 6.45) is 0.926. The Balaban J connectivity index is 1.20. The monoisotopic (exact) mass is 416 g/mol. The van der Waals surface area contributed by atoms with Gasteiger partial charge >= 0.3 is 0 Å². The molecule has 158 valence electrons. The summed E-state index contributed by atoms with van der Waals surface area (Å²) in [6.45, 7) is 2.04. The number of nitrogens with one attached hydrogen (secondary N) is 1. The molecule has 1 saturated heterocycles. The minimum atomic E-state index is -0.341. The van der Waals surface area contributed by atoms with Gasteiger partial charge in [-0.3, -0.25) is 9.59 Å². The minimum Gasteiger partial charge on any atom is -0.486 e. The Morgan fingerprint density at radius 1 is 1.00 bits per heavy atom. The van der Waals surface area contributed by atoms with E-state index < -0.39 is 0 Å². The summed E-state index contributed by atoms with van der Waals surface area (Å²) in [6, 6.07) is 19.8. The lowest BCUT2D eigenvalue weighted by molar-refractivity contribution is -0.126. The molecule has 6 heteroatoms. The molecule has 0 aromatic heterocycles. The second kappa shape index (κ2) is 8.30. The fourth-order valence-corrected chi connectivity index (χ4v) is 4.28. The third-order valence-electron chi connectivity index (χ3n) is 5.87. The van der Waals surface area contributed by atoms with Gasteiger partial charge < -0.3 is 19.7 Å². The molecule has 1 atom stereocenters. The number of rotatable bonds is 5. The van der Waals surface area contributed by atoms with Crippen LogP contribution in [0.3, 0.4) is 0 Å². The molecule has 3 aromatic carbocycles. The predicted molar refractivity (Wildman–Crippen MR) is 119 cm³/mol. The average Bonchev–Trinajstić information content (AvgIpc) is 3.20. The average molecular weight is 416 g/mol. The number of carbonyl (C=O) groups is 2. The van der Waals surface area contributed by atoms with Crippen LogP contribution in [-0.2, 0) is 16.0 Å². The van der Waals surface area contributed by atoms with E-state index in [-0.39, 0.29) is 24.2 Å². The maximum absolute atomic E-state index is 12.7. The van der Waals surface area contributed by atoms with Crippen LogP contribution in [0, 0.1) is 5.92 Å². The standard InChI is InChI=1S/C25H24N2O4/c28-24-15-19(16-27(24)21-7-3-5-18-4-1-2-6-20(18)21)25(29)26-11-10-17-8-9-22-23(14-17)31-13-12-30-22/h1-9,14,19H,10-13,15-16H2,(H,26,29)/t19-/m0/s1. The third-order valence-corrected chi connectivity index (χ3v) is 5.87. The highest BCUT2D eigenvalue weighted by Gasteiger charge is 2.35. The molecule has 6 nitrogen and oxygen atoms in total. The van der Waals surface area contributed by atoms with E-state index in [1.807, 2.05) is 60.7 Å². The van der Waals surface area contributed by atoms with E-state index in [0.29, 0.717) is 32.7 Å². The van der Waals surface area contributed by atoms with Crippen LogP contribution in [0.25, 0.3) is 10.8 Å². The van der Waals surface area contributed by atoms with Gasteiger partial charge in [-0.05, 0) is 35.6 Å². The number of nitrogens with zero attached hydrogens (tertiary/aromatic N) is 1. The van der Waals surface area contributed by atoms with Gasteiger partial charge in [0.25, 0.3) is 0 Å². The topological polar surface area (TPSA) is 67.9 Å². The first kappa shape index (κ1) is 19.4. The fraction of sp³-hybridized carbons (Fsp3) is 0.280. The van der Waals surface area contributed by atoms with Gasteiger partial charge in [-0.1, -0.05) is 42.5 Å². The van der Waals surface area contributed by atoms with Gasteiger partial charge in [-0.2, -0.15) is 0 Å². The summed E-state index contributed by atoms with van der Waals surface area (Å²) in [4.78, 5) is 27.1. The first-order chi connectivity index (χ1) is 15.2. The zero-order valence-corrected chi connectivity index (χ0v) is 17.2. The second-order valence-corrected chi connectivity index (χ2v) is 7.92. The molecule has 0 bridgehead atoms. The van der Waals surface area contributed by atoms with Gasteiger partial charge in [0.15, 0.2) is 11.5 Å². The smallest absolute Gasteiger partial charge is 0.227 e. The van der Waals surface area contributed by atoms with E-state index in [4.69, 9.17) is 9.47 Å². The molecule has 3 aromatic rings. The van der Waals surface area contributed by atoms with Gasteiger partial charge in [-0.15, -0.1) is 0 Å². The summed E-state index contributed by atoms with van der Waals surface area (Å²) < 4.78 is 11.2. The molecule has 1 N–H and O–H groups in total. The Morgan fingerprint density at radius 2 is 1.81 bits per heavy atom. The first-order valence-electron chi connectivity index (χ1n) is 10.6. The molecule has 0 unspecified atom stereocenters. The van der Waals surface area contributed by atoms with E-state index in [2.05, 4.69) is 5.32 Å². The number of anilines is 1. The van der Waals surface area contributed by atoms with E-state index in [1.54, 1.807) is 4.90 Å². The van der Waals surface area contributed by atoms with Crippen molar-refractivity contribution in [2.75, 3.05) is 31.2 Å². The van der Waals surface area contributed by atoms with Gasteiger partial charge in [0.2, 0.25) is 11.8 Å². The summed E-state index contributed by atoms with van der Waals surface area (Å²) in [5.74, 6) is 1.09. The zero-order valence-electron chi connectivity index (χ0n) is 17.2. The number of amides is 2. The Labute approximate surface area is 180 Å². The summed E-state index contributed by atoms with van der Waals surface area (Å²) in [5.41, 5.74) is 1.94. The molecular weight excluding hydrogens is 392 g/mol. The lowest BCUT2D eigenvalue weighted by Crippen LogP contribution is -2.34. The Morgan fingerprint density at radius 3 is 2.71 bits per heavy atom. The van der Waals surface area contributed by atoms with Crippen molar-refractivity contribution in [3.8, 4) is 11.5 Å². The Bertz CT molecular complexity index is 1140. The van der Waals surface area contributed by atoms with Crippen molar-refractivity contribution >= 4 is 28.3 Å². The quantitative estimate of drug-likeness (QED) is 0.693. The zero-order chi connectivity index (χ0) is 21.2. The summed E-state index contributed by atoms with van der Waals surface area (Å²) in [5, 5.41) is 5.10. The largest absolute Gasteiger partial charge is 0.486 e.